The van der Waals surface area contributed by atoms with E-state index in [0.29, 0.717) is 32.7 Å². The molecule has 2 aliphatic rings. The van der Waals surface area contributed by atoms with Crippen LogP contribution in [0.2, 0.25) is 0 Å². The fourth-order valence-electron chi connectivity index (χ4n) is 3.38. The maximum atomic E-state index is 12.7. The molecule has 142 valence electrons. The van der Waals surface area contributed by atoms with E-state index < -0.39 is 0 Å². The molecule has 8 nitrogen and oxygen atoms in total. The first kappa shape index (κ1) is 18.6. The number of benzene rings is 1. The molecule has 3 N–H and O–H groups in total. The molecule has 2 atom stereocenters. The second kappa shape index (κ2) is 8.98. The van der Waals surface area contributed by atoms with Gasteiger partial charge in [-0.05, 0) is 25.5 Å². The van der Waals surface area contributed by atoms with Crippen LogP contribution in [0.15, 0.2) is 30.3 Å². The van der Waals surface area contributed by atoms with Crippen molar-refractivity contribution in [3.05, 3.63) is 35.9 Å². The van der Waals surface area contributed by atoms with Crippen molar-refractivity contribution in [2.45, 2.75) is 38.0 Å². The molecule has 2 saturated heterocycles. The number of nitrogens with zero attached hydrogens (tertiary/aromatic N) is 2. The Morgan fingerprint density at radius 2 is 2.08 bits per heavy atom. The zero-order valence-electron chi connectivity index (χ0n) is 15.1. The highest BCUT2D eigenvalue weighted by molar-refractivity contribution is 5.77. The van der Waals surface area contributed by atoms with Crippen LogP contribution >= 0.6 is 0 Å². The van der Waals surface area contributed by atoms with Crippen molar-refractivity contribution in [1.82, 2.24) is 26.1 Å². The first-order valence-corrected chi connectivity index (χ1v) is 9.12. The summed E-state index contributed by atoms with van der Waals surface area (Å²) in [5.74, 6) is -0.0615. The summed E-state index contributed by atoms with van der Waals surface area (Å²) in [6.07, 6.45) is 2.21. The van der Waals surface area contributed by atoms with Gasteiger partial charge in [-0.25, -0.2) is 10.2 Å². The Hall–Kier alpha value is -2.16. The number of hydroxylamine groups is 2. The molecule has 1 aromatic carbocycles. The molecule has 1 aromatic rings. The molecule has 2 fully saturated rings. The number of urea groups is 1. The van der Waals surface area contributed by atoms with Gasteiger partial charge >= 0.3 is 6.03 Å². The molecule has 0 aliphatic carbocycles. The van der Waals surface area contributed by atoms with Gasteiger partial charge in [0.2, 0.25) is 5.91 Å². The summed E-state index contributed by atoms with van der Waals surface area (Å²) in [4.78, 5) is 31.9. The van der Waals surface area contributed by atoms with Gasteiger partial charge in [-0.3, -0.25) is 15.1 Å². The van der Waals surface area contributed by atoms with Crippen LogP contribution < -0.4 is 16.2 Å². The predicted molar refractivity (Wildman–Crippen MR) is 96.7 cm³/mol. The van der Waals surface area contributed by atoms with Gasteiger partial charge in [0.15, 0.2) is 0 Å². The second-order valence-corrected chi connectivity index (χ2v) is 6.69. The standard InChI is InChI=1S/C18H27N5O3/c1-19-10-9-17(24)21-20-11-15-7-8-16-12-22(15)18(25)23(16)26-13-14-5-3-2-4-6-14/h2-6,15-16,19-20H,7-13H2,1H3,(H,21,24). The minimum atomic E-state index is -0.0864. The van der Waals surface area contributed by atoms with Crippen molar-refractivity contribution in [2.24, 2.45) is 0 Å². The first-order chi connectivity index (χ1) is 12.7. The van der Waals surface area contributed by atoms with Gasteiger partial charge in [0.25, 0.3) is 0 Å². The van der Waals surface area contributed by atoms with Crippen LogP contribution in [0.1, 0.15) is 24.8 Å². The molecule has 0 aromatic heterocycles. The Kier molecular flexibility index (Phi) is 6.43. The van der Waals surface area contributed by atoms with Gasteiger partial charge < -0.3 is 10.2 Å². The molecule has 0 saturated carbocycles. The van der Waals surface area contributed by atoms with E-state index in [4.69, 9.17) is 4.84 Å². The van der Waals surface area contributed by atoms with Crippen molar-refractivity contribution in [3.8, 4) is 0 Å². The van der Waals surface area contributed by atoms with E-state index in [9.17, 15) is 9.59 Å². The van der Waals surface area contributed by atoms with Gasteiger partial charge in [0.1, 0.15) is 6.61 Å². The van der Waals surface area contributed by atoms with E-state index >= 15 is 0 Å². The smallest absolute Gasteiger partial charge is 0.319 e. The Balaban J connectivity index is 1.46. The SMILES string of the molecule is CNCCC(=O)NNCC1CCC2CN1C(=O)N2OCc1ccccc1. The van der Waals surface area contributed by atoms with Gasteiger partial charge in [-0.15, -0.1) is 0 Å². The lowest BCUT2D eigenvalue weighted by atomic mass is 10.0. The quantitative estimate of drug-likeness (QED) is 0.562. The average Bonchev–Trinajstić information content (AvgIpc) is 2.92. The monoisotopic (exact) mass is 361 g/mol. The maximum absolute atomic E-state index is 12.7. The van der Waals surface area contributed by atoms with Crippen LogP contribution in [0, 0.1) is 0 Å². The van der Waals surface area contributed by atoms with Gasteiger partial charge in [-0.2, -0.15) is 5.06 Å². The fourth-order valence-corrected chi connectivity index (χ4v) is 3.38. The Morgan fingerprint density at radius 1 is 1.27 bits per heavy atom. The highest BCUT2D eigenvalue weighted by atomic mass is 16.7. The van der Waals surface area contributed by atoms with E-state index in [0.717, 1.165) is 18.4 Å². The zero-order valence-corrected chi connectivity index (χ0v) is 15.1. The van der Waals surface area contributed by atoms with Crippen LogP contribution in [-0.4, -0.2) is 60.7 Å². The van der Waals surface area contributed by atoms with Crippen molar-refractivity contribution in [1.29, 1.82) is 0 Å². The van der Waals surface area contributed by atoms with E-state index in [-0.39, 0.29) is 24.0 Å². The second-order valence-electron chi connectivity index (χ2n) is 6.69. The number of nitrogens with one attached hydrogen (secondary N) is 3. The Morgan fingerprint density at radius 3 is 2.85 bits per heavy atom. The Bertz CT molecular complexity index is 612. The van der Waals surface area contributed by atoms with E-state index in [1.165, 1.54) is 5.06 Å². The first-order valence-electron chi connectivity index (χ1n) is 9.12. The third-order valence-corrected chi connectivity index (χ3v) is 4.83. The lowest BCUT2D eigenvalue weighted by Gasteiger charge is -2.30. The van der Waals surface area contributed by atoms with Crippen LogP contribution in [0.5, 0.6) is 0 Å². The summed E-state index contributed by atoms with van der Waals surface area (Å²) in [6.45, 7) is 2.24. The number of piperidine rings is 1. The molecule has 3 rings (SSSR count). The number of carbonyl (C=O) groups is 2. The third kappa shape index (κ3) is 4.51. The highest BCUT2D eigenvalue weighted by Gasteiger charge is 2.45. The summed E-state index contributed by atoms with van der Waals surface area (Å²) < 4.78 is 0. The van der Waals surface area contributed by atoms with Crippen molar-refractivity contribution < 1.29 is 14.4 Å². The summed E-state index contributed by atoms with van der Waals surface area (Å²) >= 11 is 0. The van der Waals surface area contributed by atoms with Crippen molar-refractivity contribution in [2.75, 3.05) is 26.7 Å². The van der Waals surface area contributed by atoms with Gasteiger partial charge in [0, 0.05) is 32.1 Å². The number of hydrogen-bond donors (Lipinski definition) is 3. The van der Waals surface area contributed by atoms with Gasteiger partial charge in [0.05, 0.1) is 6.04 Å². The maximum Gasteiger partial charge on any atom is 0.344 e. The Labute approximate surface area is 153 Å². The van der Waals surface area contributed by atoms with Crippen molar-refractivity contribution in [3.63, 3.8) is 0 Å². The molecule has 0 radical (unpaired) electrons. The summed E-state index contributed by atoms with van der Waals surface area (Å²) in [5.41, 5.74) is 6.68. The minimum absolute atomic E-state index is 0.0615. The topological polar surface area (TPSA) is 85.9 Å². The molecule has 2 heterocycles. The lowest BCUT2D eigenvalue weighted by molar-refractivity contribution is -0.140. The number of carbonyl (C=O) groups excluding carboxylic acids is 2. The summed E-state index contributed by atoms with van der Waals surface area (Å²) in [7, 11) is 1.81. The normalized spacial score (nSPS) is 22.0. The minimum Gasteiger partial charge on any atom is -0.319 e. The van der Waals surface area contributed by atoms with Crippen molar-refractivity contribution >= 4 is 11.9 Å². The third-order valence-electron chi connectivity index (χ3n) is 4.83. The molecular weight excluding hydrogens is 334 g/mol. The fraction of sp³-hybridized carbons (Fsp3) is 0.556. The number of amides is 3. The zero-order chi connectivity index (χ0) is 18.4. The molecular formula is C18H27N5O3. The summed E-state index contributed by atoms with van der Waals surface area (Å²) in [5, 5.41) is 4.46. The molecule has 2 aliphatic heterocycles. The molecule has 26 heavy (non-hydrogen) atoms. The molecule has 8 heteroatoms. The van der Waals surface area contributed by atoms with E-state index in [2.05, 4.69) is 16.2 Å². The van der Waals surface area contributed by atoms with E-state index in [1.54, 1.807) is 0 Å². The largest absolute Gasteiger partial charge is 0.344 e. The number of hydrogen-bond acceptors (Lipinski definition) is 5. The van der Waals surface area contributed by atoms with Crippen LogP contribution in [0.25, 0.3) is 0 Å². The average molecular weight is 361 g/mol. The number of rotatable bonds is 9. The number of hydrazine groups is 1. The summed E-state index contributed by atoms with van der Waals surface area (Å²) in [6, 6.07) is 9.92. The van der Waals surface area contributed by atoms with Gasteiger partial charge in [-0.1, -0.05) is 30.3 Å². The highest BCUT2D eigenvalue weighted by Crippen LogP contribution is 2.30. The van der Waals surface area contributed by atoms with Crippen LogP contribution in [0.4, 0.5) is 4.79 Å². The van der Waals surface area contributed by atoms with E-state index in [1.807, 2.05) is 42.3 Å². The molecule has 2 unspecified atom stereocenters. The predicted octanol–water partition coefficient (Wildman–Crippen LogP) is 0.617. The lowest BCUT2D eigenvalue weighted by Crippen LogP contribution is -2.50. The molecule has 3 amide bonds. The van der Waals surface area contributed by atoms with Crippen LogP contribution in [-0.2, 0) is 16.2 Å². The number of fused-ring (bicyclic) bond motifs is 2. The van der Waals surface area contributed by atoms with Crippen LogP contribution in [0.3, 0.4) is 0 Å². The molecule has 0 spiro atoms. The molecule has 2 bridgehead atoms.